The van der Waals surface area contributed by atoms with Gasteiger partial charge in [-0.2, -0.15) is 0 Å². The molecule has 1 fully saturated rings. The van der Waals surface area contributed by atoms with Gasteiger partial charge < -0.3 is 4.43 Å². The molecule has 0 saturated carbocycles. The quantitative estimate of drug-likeness (QED) is 0.403. The minimum Gasteiger partial charge on any atom is -0.424 e. The van der Waals surface area contributed by atoms with Gasteiger partial charge in [0.1, 0.15) is 0 Å². The molecule has 0 bridgehead atoms. The fourth-order valence-electron chi connectivity index (χ4n) is 0.687. The minimum absolute atomic E-state index is 0. The first-order valence-corrected chi connectivity index (χ1v) is 4.15. The molecule has 1 saturated heterocycles. The van der Waals surface area contributed by atoms with Crippen molar-refractivity contribution in [3.05, 3.63) is 0 Å². The smallest absolute Gasteiger partial charge is 0.161 e. The van der Waals surface area contributed by atoms with Gasteiger partial charge in [-0.3, -0.25) is 0 Å². The van der Waals surface area contributed by atoms with Crippen molar-refractivity contribution in [1.82, 2.24) is 0 Å². The molecular formula is C4H11OSi. The summed E-state index contributed by atoms with van der Waals surface area (Å²) in [5.74, 6) is 0. The van der Waals surface area contributed by atoms with Gasteiger partial charge in [-0.05, 0) is 12.5 Å². The number of hydrogen-bond acceptors (Lipinski definition) is 1. The minimum atomic E-state index is 0. The van der Waals surface area contributed by atoms with E-state index in [1.165, 1.54) is 18.9 Å². The second-order valence-corrected chi connectivity index (χ2v) is 3.20. The SMILES string of the molecule is C1CC[SiH2]OC1.[H]. The van der Waals surface area contributed by atoms with E-state index in [1.807, 2.05) is 0 Å². The van der Waals surface area contributed by atoms with Crippen LogP contribution in [0.15, 0.2) is 0 Å². The van der Waals surface area contributed by atoms with Crippen LogP contribution in [0.5, 0.6) is 0 Å². The average Bonchev–Trinajstić information content (AvgIpc) is 1.72. The van der Waals surface area contributed by atoms with Crippen molar-refractivity contribution >= 4 is 9.76 Å². The molecule has 0 aliphatic carbocycles. The lowest BCUT2D eigenvalue weighted by Gasteiger charge is -2.07. The third kappa shape index (κ3) is 1.10. The Kier molecular flexibility index (Phi) is 1.71. The van der Waals surface area contributed by atoms with E-state index in [0.717, 1.165) is 6.61 Å². The highest BCUT2D eigenvalue weighted by Crippen LogP contribution is 2.01. The summed E-state index contributed by atoms with van der Waals surface area (Å²) in [6, 6.07) is 1.42. The predicted molar refractivity (Wildman–Crippen MR) is 29.6 cm³/mol. The predicted octanol–water partition coefficient (Wildman–Crippen LogP) is 0.411. The molecule has 1 rings (SSSR count). The van der Waals surface area contributed by atoms with Crippen LogP contribution >= 0.6 is 0 Å². The third-order valence-electron chi connectivity index (χ3n) is 1.08. The Morgan fingerprint density at radius 2 is 2.50 bits per heavy atom. The molecule has 0 amide bonds. The topological polar surface area (TPSA) is 9.23 Å². The summed E-state index contributed by atoms with van der Waals surface area (Å²) in [5.41, 5.74) is 0. The van der Waals surface area contributed by atoms with Gasteiger partial charge in [-0.25, -0.2) is 0 Å². The standard InChI is InChI=1S/C4H10OSi.H/c1-2-4-6-5-3-1;/h1-4,6H2;. The molecule has 0 N–H and O–H groups in total. The maximum Gasteiger partial charge on any atom is 0.161 e. The molecule has 37 valence electrons. The normalized spacial score (nSPS) is 28.0. The fraction of sp³-hybridized carbons (Fsp3) is 1.00. The van der Waals surface area contributed by atoms with E-state index in [1.54, 1.807) is 0 Å². The molecule has 1 aliphatic rings. The molecule has 0 unspecified atom stereocenters. The molecule has 6 heavy (non-hydrogen) atoms. The Morgan fingerprint density at radius 1 is 1.50 bits per heavy atom. The molecule has 1 nitrogen and oxygen atoms in total. The summed E-state index contributed by atoms with van der Waals surface area (Å²) < 4.78 is 5.21. The zero-order chi connectivity index (χ0) is 4.24. The molecule has 2 heteroatoms. The van der Waals surface area contributed by atoms with Crippen LogP contribution in [-0.4, -0.2) is 16.4 Å². The van der Waals surface area contributed by atoms with Gasteiger partial charge in [-0.15, -0.1) is 0 Å². The van der Waals surface area contributed by atoms with Gasteiger partial charge in [0.2, 0.25) is 0 Å². The van der Waals surface area contributed by atoms with Crippen LogP contribution in [0.3, 0.4) is 0 Å². The summed E-state index contributed by atoms with van der Waals surface area (Å²) in [4.78, 5) is 0. The first-order chi connectivity index (χ1) is 3.00. The van der Waals surface area contributed by atoms with Crippen molar-refractivity contribution in [2.45, 2.75) is 18.9 Å². The van der Waals surface area contributed by atoms with Crippen LogP contribution in [0.2, 0.25) is 6.04 Å². The van der Waals surface area contributed by atoms with Crippen molar-refractivity contribution in [3.8, 4) is 0 Å². The summed E-state index contributed by atoms with van der Waals surface area (Å²) in [7, 11) is 0.00849. The lowest BCUT2D eigenvalue weighted by atomic mass is 10.4. The average molecular weight is 103 g/mol. The van der Waals surface area contributed by atoms with Crippen LogP contribution in [0, 0.1) is 0 Å². The molecule has 0 aromatic carbocycles. The Morgan fingerprint density at radius 3 is 2.67 bits per heavy atom. The maximum atomic E-state index is 5.21. The van der Waals surface area contributed by atoms with Crippen LogP contribution < -0.4 is 0 Å². The molecule has 0 spiro atoms. The van der Waals surface area contributed by atoms with Gasteiger partial charge in [0.25, 0.3) is 0 Å². The Bertz CT molecular complexity index is 27.2. The van der Waals surface area contributed by atoms with Crippen LogP contribution in [0.1, 0.15) is 14.3 Å². The fourth-order valence-corrected chi connectivity index (χ4v) is 1.86. The van der Waals surface area contributed by atoms with Crippen LogP contribution in [0.25, 0.3) is 0 Å². The van der Waals surface area contributed by atoms with Gasteiger partial charge in [0.05, 0.1) is 0 Å². The molecule has 0 aromatic rings. The second kappa shape index (κ2) is 2.37. The Hall–Kier alpha value is 0.177. The molecule has 1 aliphatic heterocycles. The Labute approximate surface area is 42.1 Å². The van der Waals surface area contributed by atoms with Gasteiger partial charge >= 0.3 is 0 Å². The van der Waals surface area contributed by atoms with Crippen molar-refractivity contribution in [2.24, 2.45) is 0 Å². The summed E-state index contributed by atoms with van der Waals surface area (Å²) in [6.07, 6.45) is 2.75. The van der Waals surface area contributed by atoms with Gasteiger partial charge in [-0.1, -0.05) is 6.42 Å². The summed E-state index contributed by atoms with van der Waals surface area (Å²) in [5, 5.41) is 0. The molecular weight excluding hydrogens is 92.1 g/mol. The van der Waals surface area contributed by atoms with Crippen molar-refractivity contribution in [3.63, 3.8) is 0 Å². The molecule has 1 radical (unpaired) electrons. The van der Waals surface area contributed by atoms with Crippen LogP contribution in [0.4, 0.5) is 0 Å². The monoisotopic (exact) mass is 103 g/mol. The second-order valence-electron chi connectivity index (χ2n) is 1.67. The highest BCUT2D eigenvalue weighted by molar-refractivity contribution is 6.27. The molecule has 0 aromatic heterocycles. The first-order valence-electron chi connectivity index (χ1n) is 2.58. The summed E-state index contributed by atoms with van der Waals surface area (Å²) >= 11 is 0. The maximum absolute atomic E-state index is 5.21. The zero-order valence-electron chi connectivity index (χ0n) is 4.94. The van der Waals surface area contributed by atoms with E-state index in [4.69, 9.17) is 4.43 Å². The van der Waals surface area contributed by atoms with Gasteiger partial charge in [0.15, 0.2) is 9.76 Å². The zero-order valence-corrected chi connectivity index (χ0v) is 5.36. The van der Waals surface area contributed by atoms with E-state index >= 15 is 0 Å². The molecule has 0 atom stereocenters. The largest absolute Gasteiger partial charge is 0.424 e. The van der Waals surface area contributed by atoms with E-state index in [9.17, 15) is 0 Å². The highest BCUT2D eigenvalue weighted by Gasteiger charge is 1.96. The summed E-state index contributed by atoms with van der Waals surface area (Å²) in [6.45, 7) is 1.06. The van der Waals surface area contributed by atoms with Crippen molar-refractivity contribution < 1.29 is 5.85 Å². The van der Waals surface area contributed by atoms with Crippen molar-refractivity contribution in [2.75, 3.05) is 6.61 Å². The Balaban J connectivity index is 0.000000360. The van der Waals surface area contributed by atoms with E-state index < -0.39 is 0 Å². The molecule has 1 heterocycles. The number of hydrogen-bond donors (Lipinski definition) is 0. The number of rotatable bonds is 0. The lowest BCUT2D eigenvalue weighted by molar-refractivity contribution is 0.304. The van der Waals surface area contributed by atoms with E-state index in [0.29, 0.717) is 0 Å². The first kappa shape index (κ1) is 4.34. The van der Waals surface area contributed by atoms with Crippen LogP contribution in [-0.2, 0) is 4.43 Å². The van der Waals surface area contributed by atoms with E-state index in [-0.39, 0.29) is 11.2 Å². The third-order valence-corrected chi connectivity index (χ3v) is 2.44. The van der Waals surface area contributed by atoms with Crippen molar-refractivity contribution in [1.29, 1.82) is 0 Å². The van der Waals surface area contributed by atoms with E-state index in [2.05, 4.69) is 0 Å². The highest BCUT2D eigenvalue weighted by atomic mass is 28.2. The van der Waals surface area contributed by atoms with Gasteiger partial charge in [0, 0.05) is 8.03 Å². The lowest BCUT2D eigenvalue weighted by Crippen LogP contribution is -2.06.